The van der Waals surface area contributed by atoms with Crippen molar-refractivity contribution in [3.63, 3.8) is 0 Å². The zero-order valence-corrected chi connectivity index (χ0v) is 19.5. The van der Waals surface area contributed by atoms with E-state index >= 15 is 0 Å². The van der Waals surface area contributed by atoms with Crippen molar-refractivity contribution in [2.24, 2.45) is 13.0 Å². The number of piperidine rings is 1. The summed E-state index contributed by atoms with van der Waals surface area (Å²) in [6, 6.07) is 8.29. The Hall–Kier alpha value is -2.80. The predicted octanol–water partition coefficient (Wildman–Crippen LogP) is 5.30. The number of fused-ring (bicyclic) bond motifs is 2. The van der Waals surface area contributed by atoms with Crippen LogP contribution >= 0.6 is 11.3 Å². The van der Waals surface area contributed by atoms with E-state index < -0.39 is 0 Å². The lowest BCUT2D eigenvalue weighted by Gasteiger charge is -2.26. The van der Waals surface area contributed by atoms with Gasteiger partial charge in [-0.1, -0.05) is 0 Å². The molecule has 0 atom stereocenters. The monoisotopic (exact) mass is 448 g/mol. The highest BCUT2D eigenvalue weighted by Gasteiger charge is 2.27. The number of carbonyl (C=O) groups excluding carboxylic acids is 1. The van der Waals surface area contributed by atoms with Crippen molar-refractivity contribution in [1.82, 2.24) is 19.0 Å². The van der Waals surface area contributed by atoms with E-state index in [1.807, 2.05) is 24.1 Å². The summed E-state index contributed by atoms with van der Waals surface area (Å²) in [5.74, 6) is 2.47. The van der Waals surface area contributed by atoms with Crippen LogP contribution in [0.4, 0.5) is 0 Å². The Labute approximate surface area is 191 Å². The third-order valence-corrected chi connectivity index (χ3v) is 7.79. The fourth-order valence-corrected chi connectivity index (χ4v) is 5.84. The molecule has 3 aromatic heterocycles. The van der Waals surface area contributed by atoms with E-state index in [4.69, 9.17) is 9.72 Å². The van der Waals surface area contributed by atoms with Gasteiger partial charge in [0.05, 0.1) is 28.5 Å². The van der Waals surface area contributed by atoms with Gasteiger partial charge in [-0.2, -0.15) is 0 Å². The molecule has 6 rings (SSSR count). The van der Waals surface area contributed by atoms with Gasteiger partial charge in [-0.05, 0) is 67.7 Å². The molecule has 1 saturated heterocycles. The van der Waals surface area contributed by atoms with Crippen LogP contribution in [-0.4, -0.2) is 45.1 Å². The lowest BCUT2D eigenvalue weighted by atomic mass is 10.1. The molecule has 1 saturated carbocycles. The number of benzene rings is 1. The number of carbonyl (C=O) groups is 1. The molecular weight excluding hydrogens is 420 g/mol. The summed E-state index contributed by atoms with van der Waals surface area (Å²) in [6.45, 7) is 2.70. The van der Waals surface area contributed by atoms with Gasteiger partial charge in [0.2, 0.25) is 0 Å². The molecule has 1 aromatic carbocycles. The van der Waals surface area contributed by atoms with E-state index in [1.54, 1.807) is 18.4 Å². The maximum Gasteiger partial charge on any atom is 0.254 e. The molecule has 32 heavy (non-hydrogen) atoms. The minimum Gasteiger partial charge on any atom is -0.494 e. The van der Waals surface area contributed by atoms with E-state index in [-0.39, 0.29) is 5.91 Å². The zero-order valence-electron chi connectivity index (χ0n) is 18.6. The topological polar surface area (TPSA) is 52.3 Å². The highest BCUT2D eigenvalue weighted by molar-refractivity contribution is 7.17. The molecule has 4 heterocycles. The molecule has 6 nitrogen and oxygen atoms in total. The number of imidazole rings is 1. The van der Waals surface area contributed by atoms with Gasteiger partial charge in [-0.25, -0.2) is 4.98 Å². The van der Waals surface area contributed by atoms with Crippen molar-refractivity contribution in [2.75, 3.05) is 20.2 Å². The van der Waals surface area contributed by atoms with Gasteiger partial charge in [0, 0.05) is 32.2 Å². The molecular formula is C25H28N4O2S. The first-order chi connectivity index (χ1) is 15.6. The van der Waals surface area contributed by atoms with Gasteiger partial charge in [0.15, 0.2) is 5.82 Å². The summed E-state index contributed by atoms with van der Waals surface area (Å²) < 4.78 is 11.6. The van der Waals surface area contributed by atoms with Crippen LogP contribution < -0.4 is 4.74 Å². The van der Waals surface area contributed by atoms with Crippen molar-refractivity contribution >= 4 is 38.5 Å². The van der Waals surface area contributed by atoms with Gasteiger partial charge in [0.25, 0.3) is 5.91 Å². The molecule has 1 amide bonds. The lowest BCUT2D eigenvalue weighted by Crippen LogP contribution is -2.35. The number of methoxy groups -OCH3 is 1. The van der Waals surface area contributed by atoms with Gasteiger partial charge in [0.1, 0.15) is 11.3 Å². The molecule has 4 aromatic rings. The molecule has 0 N–H and O–H groups in total. The minimum absolute atomic E-state index is 0.0784. The molecule has 7 heteroatoms. The van der Waals surface area contributed by atoms with E-state index in [9.17, 15) is 4.79 Å². The number of ether oxygens (including phenoxy) is 1. The number of aryl methyl sites for hydroxylation is 1. The smallest absolute Gasteiger partial charge is 0.254 e. The molecule has 0 bridgehead atoms. The SMILES string of the molecule is COc1cc(C(=O)N2CCCCC2)cc2nc(-c3cc4sccc4n3CC3CC3)n(C)c12. The number of amides is 1. The summed E-state index contributed by atoms with van der Waals surface area (Å²) in [4.78, 5) is 20.2. The maximum atomic E-state index is 13.2. The fourth-order valence-electron chi connectivity index (χ4n) is 5.02. The average molecular weight is 449 g/mol. The second kappa shape index (κ2) is 7.66. The van der Waals surface area contributed by atoms with Crippen LogP contribution in [0.3, 0.4) is 0 Å². The van der Waals surface area contributed by atoms with Gasteiger partial charge in [-0.15, -0.1) is 11.3 Å². The summed E-state index contributed by atoms with van der Waals surface area (Å²) in [5.41, 5.74) is 4.83. The number of rotatable bonds is 5. The van der Waals surface area contributed by atoms with Crippen molar-refractivity contribution < 1.29 is 9.53 Å². The first-order valence-corrected chi connectivity index (χ1v) is 12.4. The van der Waals surface area contributed by atoms with Crippen LogP contribution in [0.15, 0.2) is 29.6 Å². The highest BCUT2D eigenvalue weighted by atomic mass is 32.1. The Morgan fingerprint density at radius 1 is 1.19 bits per heavy atom. The van der Waals surface area contributed by atoms with E-state index in [0.717, 1.165) is 60.9 Å². The van der Waals surface area contributed by atoms with E-state index in [0.29, 0.717) is 11.3 Å². The molecule has 2 aliphatic rings. The van der Waals surface area contributed by atoms with Crippen LogP contribution in [0, 0.1) is 5.92 Å². The number of nitrogens with zero attached hydrogens (tertiary/aromatic N) is 4. The Balaban J connectivity index is 1.48. The number of thiophene rings is 1. The van der Waals surface area contributed by atoms with Crippen molar-refractivity contribution in [2.45, 2.75) is 38.6 Å². The van der Waals surface area contributed by atoms with Crippen molar-refractivity contribution in [3.8, 4) is 17.3 Å². The summed E-state index contributed by atoms with van der Waals surface area (Å²) in [7, 11) is 3.71. The lowest BCUT2D eigenvalue weighted by molar-refractivity contribution is 0.0724. The first kappa shape index (κ1) is 19.9. The number of likely N-dealkylation sites (tertiary alicyclic amines) is 1. The van der Waals surface area contributed by atoms with Gasteiger partial charge in [-0.3, -0.25) is 4.79 Å². The number of hydrogen-bond donors (Lipinski definition) is 0. The van der Waals surface area contributed by atoms with Crippen LogP contribution in [0.1, 0.15) is 42.5 Å². The predicted molar refractivity (Wildman–Crippen MR) is 129 cm³/mol. The fraction of sp³-hybridized carbons (Fsp3) is 0.440. The largest absolute Gasteiger partial charge is 0.494 e. The van der Waals surface area contributed by atoms with Gasteiger partial charge < -0.3 is 18.8 Å². The Morgan fingerprint density at radius 2 is 2.00 bits per heavy atom. The van der Waals surface area contributed by atoms with Crippen molar-refractivity contribution in [3.05, 3.63) is 35.2 Å². The molecule has 0 spiro atoms. The number of hydrogen-bond acceptors (Lipinski definition) is 4. The molecule has 166 valence electrons. The second-order valence-corrected chi connectivity index (χ2v) is 10.1. The number of aromatic nitrogens is 3. The van der Waals surface area contributed by atoms with E-state index in [2.05, 4.69) is 26.6 Å². The summed E-state index contributed by atoms with van der Waals surface area (Å²) >= 11 is 1.77. The van der Waals surface area contributed by atoms with Gasteiger partial charge >= 0.3 is 0 Å². The quantitative estimate of drug-likeness (QED) is 0.416. The van der Waals surface area contributed by atoms with Crippen LogP contribution in [0.25, 0.3) is 32.8 Å². The standard InChI is InChI=1S/C25H28N4O2S/c1-27-23-18(12-17(13-21(23)31-2)25(30)28-9-4-3-5-10-28)26-24(27)20-14-22-19(8-11-32-22)29(20)15-16-6-7-16/h8,11-14,16H,3-7,9-10,15H2,1-2H3. The summed E-state index contributed by atoms with van der Waals surface area (Å²) in [5, 5.41) is 2.16. The van der Waals surface area contributed by atoms with Crippen LogP contribution in [0.2, 0.25) is 0 Å². The molecule has 1 aliphatic heterocycles. The summed E-state index contributed by atoms with van der Waals surface area (Å²) in [6.07, 6.45) is 5.97. The van der Waals surface area contributed by atoms with Crippen LogP contribution in [-0.2, 0) is 13.6 Å². The first-order valence-electron chi connectivity index (χ1n) is 11.5. The van der Waals surface area contributed by atoms with E-state index in [1.165, 1.54) is 29.5 Å². The Kier molecular flexibility index (Phi) is 4.75. The zero-order chi connectivity index (χ0) is 21.8. The van der Waals surface area contributed by atoms with Crippen molar-refractivity contribution in [1.29, 1.82) is 0 Å². The Bertz CT molecular complexity index is 1320. The molecule has 1 aliphatic carbocycles. The highest BCUT2D eigenvalue weighted by Crippen LogP contribution is 2.39. The normalized spacial score (nSPS) is 16.9. The van der Waals surface area contributed by atoms with Crippen LogP contribution in [0.5, 0.6) is 5.75 Å². The molecule has 2 fully saturated rings. The minimum atomic E-state index is 0.0784. The third kappa shape index (κ3) is 3.22. The molecule has 0 unspecified atom stereocenters. The molecule has 0 radical (unpaired) electrons. The average Bonchev–Trinajstić information content (AvgIpc) is 3.27. The second-order valence-electron chi connectivity index (χ2n) is 9.15. The third-order valence-electron chi connectivity index (χ3n) is 6.93. The maximum absolute atomic E-state index is 13.2. The Morgan fingerprint density at radius 3 is 2.75 bits per heavy atom.